The number of hydrogen-bond acceptors (Lipinski definition) is 2. The molecule has 0 unspecified atom stereocenters. The zero-order valence-electron chi connectivity index (χ0n) is 8.55. The summed E-state index contributed by atoms with van der Waals surface area (Å²) in [5.41, 5.74) is 0.632. The predicted molar refractivity (Wildman–Crippen MR) is 59.6 cm³/mol. The first-order valence-corrected chi connectivity index (χ1v) is 6.01. The number of hydrogen-bond donors (Lipinski definition) is 0. The third-order valence-corrected chi connectivity index (χ3v) is 2.59. The Bertz CT molecular complexity index is 289. The molecule has 1 aromatic carbocycles. The standard InChI is InChI=1S/C11H15FOS/c1-9-8-10(4-5-11(9)12)13-6-3-7-14-2/h4-5,8H,3,6-7H2,1-2H3. The molecular formula is C11H15FOS. The Kier molecular flexibility index (Phi) is 4.80. The van der Waals surface area contributed by atoms with Gasteiger partial charge in [0.25, 0.3) is 0 Å². The number of rotatable bonds is 5. The highest BCUT2D eigenvalue weighted by molar-refractivity contribution is 7.98. The maximum atomic E-state index is 12.9. The molecule has 0 atom stereocenters. The molecule has 0 aliphatic carbocycles. The van der Waals surface area contributed by atoms with Crippen LogP contribution in [0.5, 0.6) is 5.75 Å². The Balaban J connectivity index is 2.39. The maximum absolute atomic E-state index is 12.9. The van der Waals surface area contributed by atoms with Gasteiger partial charge in [-0.1, -0.05) is 0 Å². The fourth-order valence-corrected chi connectivity index (χ4v) is 1.51. The Labute approximate surface area is 88.7 Å². The van der Waals surface area contributed by atoms with E-state index >= 15 is 0 Å². The molecule has 1 nitrogen and oxygen atoms in total. The Morgan fingerprint density at radius 3 is 2.86 bits per heavy atom. The van der Waals surface area contributed by atoms with Crippen molar-refractivity contribution in [2.75, 3.05) is 18.6 Å². The van der Waals surface area contributed by atoms with E-state index in [2.05, 4.69) is 6.26 Å². The summed E-state index contributed by atoms with van der Waals surface area (Å²) in [5.74, 6) is 1.67. The number of benzene rings is 1. The Morgan fingerprint density at radius 1 is 1.43 bits per heavy atom. The molecule has 0 radical (unpaired) electrons. The molecular weight excluding hydrogens is 199 g/mol. The zero-order valence-corrected chi connectivity index (χ0v) is 9.36. The minimum Gasteiger partial charge on any atom is -0.494 e. The molecule has 3 heteroatoms. The summed E-state index contributed by atoms with van der Waals surface area (Å²) in [6, 6.07) is 4.84. The summed E-state index contributed by atoms with van der Waals surface area (Å²) in [5, 5.41) is 0. The van der Waals surface area contributed by atoms with Gasteiger partial charge in [-0.15, -0.1) is 0 Å². The van der Waals surface area contributed by atoms with Crippen molar-refractivity contribution in [3.63, 3.8) is 0 Å². The van der Waals surface area contributed by atoms with Crippen molar-refractivity contribution in [1.29, 1.82) is 0 Å². The maximum Gasteiger partial charge on any atom is 0.126 e. The van der Waals surface area contributed by atoms with Crippen molar-refractivity contribution in [3.05, 3.63) is 29.6 Å². The number of halogens is 1. The van der Waals surface area contributed by atoms with E-state index in [1.165, 1.54) is 6.07 Å². The molecule has 78 valence electrons. The zero-order chi connectivity index (χ0) is 10.4. The van der Waals surface area contributed by atoms with Crippen LogP contribution in [0.15, 0.2) is 18.2 Å². The monoisotopic (exact) mass is 214 g/mol. The molecule has 1 aromatic rings. The van der Waals surface area contributed by atoms with Gasteiger partial charge in [0.05, 0.1) is 6.61 Å². The molecule has 0 amide bonds. The van der Waals surface area contributed by atoms with E-state index in [-0.39, 0.29) is 5.82 Å². The number of aryl methyl sites for hydroxylation is 1. The lowest BCUT2D eigenvalue weighted by molar-refractivity contribution is 0.318. The van der Waals surface area contributed by atoms with Crippen molar-refractivity contribution in [1.82, 2.24) is 0 Å². The van der Waals surface area contributed by atoms with Gasteiger partial charge >= 0.3 is 0 Å². The van der Waals surface area contributed by atoms with Crippen molar-refractivity contribution < 1.29 is 9.13 Å². The molecule has 0 aliphatic rings. The van der Waals surface area contributed by atoms with E-state index in [1.54, 1.807) is 30.8 Å². The van der Waals surface area contributed by atoms with Crippen LogP contribution >= 0.6 is 11.8 Å². The molecule has 0 heterocycles. The summed E-state index contributed by atoms with van der Waals surface area (Å²) >= 11 is 1.80. The molecule has 0 aromatic heterocycles. The highest BCUT2D eigenvalue weighted by Crippen LogP contribution is 2.16. The largest absolute Gasteiger partial charge is 0.494 e. The van der Waals surface area contributed by atoms with Crippen LogP contribution in [0.1, 0.15) is 12.0 Å². The van der Waals surface area contributed by atoms with Gasteiger partial charge in [0.15, 0.2) is 0 Å². The summed E-state index contributed by atoms with van der Waals surface area (Å²) in [6.07, 6.45) is 3.10. The third kappa shape index (κ3) is 3.58. The number of thioether (sulfide) groups is 1. The lowest BCUT2D eigenvalue weighted by Crippen LogP contribution is -1.99. The van der Waals surface area contributed by atoms with Gasteiger partial charge in [0, 0.05) is 0 Å². The normalized spacial score (nSPS) is 10.2. The molecule has 14 heavy (non-hydrogen) atoms. The summed E-state index contributed by atoms with van der Waals surface area (Å²) in [7, 11) is 0. The highest BCUT2D eigenvalue weighted by Gasteiger charge is 1.99. The van der Waals surface area contributed by atoms with Gasteiger partial charge in [-0.25, -0.2) is 4.39 Å². The van der Waals surface area contributed by atoms with E-state index in [4.69, 9.17) is 4.74 Å². The van der Waals surface area contributed by atoms with Gasteiger partial charge in [-0.3, -0.25) is 0 Å². The summed E-state index contributed by atoms with van der Waals surface area (Å²) < 4.78 is 18.3. The van der Waals surface area contributed by atoms with Crippen molar-refractivity contribution in [3.8, 4) is 5.75 Å². The predicted octanol–water partition coefficient (Wildman–Crippen LogP) is 3.27. The molecule has 0 aliphatic heterocycles. The molecule has 0 spiro atoms. The van der Waals surface area contributed by atoms with E-state index in [0.29, 0.717) is 12.2 Å². The molecule has 0 bridgehead atoms. The molecule has 0 saturated heterocycles. The lowest BCUT2D eigenvalue weighted by Gasteiger charge is -2.06. The lowest BCUT2D eigenvalue weighted by atomic mass is 10.2. The van der Waals surface area contributed by atoms with Gasteiger partial charge < -0.3 is 4.74 Å². The first-order chi connectivity index (χ1) is 6.74. The van der Waals surface area contributed by atoms with E-state index < -0.39 is 0 Å². The van der Waals surface area contributed by atoms with Crippen LogP contribution < -0.4 is 4.74 Å². The van der Waals surface area contributed by atoms with Crippen LogP contribution in [0.25, 0.3) is 0 Å². The quantitative estimate of drug-likeness (QED) is 0.696. The SMILES string of the molecule is CSCCCOc1ccc(F)c(C)c1. The van der Waals surface area contributed by atoms with Crippen LogP contribution in [0.3, 0.4) is 0 Å². The second-order valence-electron chi connectivity index (χ2n) is 3.11. The molecule has 0 saturated carbocycles. The first-order valence-electron chi connectivity index (χ1n) is 4.62. The number of ether oxygens (including phenoxy) is 1. The minimum atomic E-state index is -0.179. The molecule has 1 rings (SSSR count). The Hall–Kier alpha value is -0.700. The van der Waals surface area contributed by atoms with Gasteiger partial charge in [-0.2, -0.15) is 11.8 Å². The van der Waals surface area contributed by atoms with Crippen molar-refractivity contribution in [2.45, 2.75) is 13.3 Å². The van der Waals surface area contributed by atoms with Gasteiger partial charge in [0.2, 0.25) is 0 Å². The second-order valence-corrected chi connectivity index (χ2v) is 4.09. The first kappa shape index (κ1) is 11.4. The molecule has 0 N–H and O–H groups in total. The van der Waals surface area contributed by atoms with Crippen molar-refractivity contribution >= 4 is 11.8 Å². The third-order valence-electron chi connectivity index (χ3n) is 1.89. The minimum absolute atomic E-state index is 0.179. The van der Waals surface area contributed by atoms with E-state index in [0.717, 1.165) is 17.9 Å². The van der Waals surface area contributed by atoms with Crippen LogP contribution in [0.2, 0.25) is 0 Å². The fraction of sp³-hybridized carbons (Fsp3) is 0.455. The van der Waals surface area contributed by atoms with Crippen LogP contribution in [0, 0.1) is 12.7 Å². The van der Waals surface area contributed by atoms with E-state index in [9.17, 15) is 4.39 Å². The fourth-order valence-electron chi connectivity index (χ4n) is 1.10. The van der Waals surface area contributed by atoms with Crippen LogP contribution in [-0.2, 0) is 0 Å². The highest BCUT2D eigenvalue weighted by atomic mass is 32.2. The summed E-state index contributed by atoms with van der Waals surface area (Å²) in [4.78, 5) is 0. The van der Waals surface area contributed by atoms with E-state index in [1.807, 2.05) is 0 Å². The molecule has 0 fully saturated rings. The van der Waals surface area contributed by atoms with Crippen LogP contribution in [-0.4, -0.2) is 18.6 Å². The topological polar surface area (TPSA) is 9.23 Å². The second kappa shape index (κ2) is 5.91. The average Bonchev–Trinajstić information content (AvgIpc) is 2.18. The smallest absolute Gasteiger partial charge is 0.126 e. The Morgan fingerprint density at radius 2 is 2.21 bits per heavy atom. The van der Waals surface area contributed by atoms with Gasteiger partial charge in [0.1, 0.15) is 11.6 Å². The van der Waals surface area contributed by atoms with Crippen LogP contribution in [0.4, 0.5) is 4.39 Å². The summed E-state index contributed by atoms with van der Waals surface area (Å²) in [6.45, 7) is 2.44. The average molecular weight is 214 g/mol. The van der Waals surface area contributed by atoms with Crippen molar-refractivity contribution in [2.24, 2.45) is 0 Å². The van der Waals surface area contributed by atoms with Gasteiger partial charge in [-0.05, 0) is 49.1 Å².